The Balaban J connectivity index is 0.00000106. The van der Waals surface area contributed by atoms with Gasteiger partial charge in [0.2, 0.25) is 5.60 Å². The monoisotopic (exact) mass is 358 g/mol. The number of alkyl halides is 1. The van der Waals surface area contributed by atoms with Crippen molar-refractivity contribution in [3.8, 4) is 0 Å². The van der Waals surface area contributed by atoms with Crippen LogP contribution in [0.15, 0.2) is 48.5 Å². The topological polar surface area (TPSA) is 57.5 Å². The van der Waals surface area contributed by atoms with E-state index in [0.29, 0.717) is 0 Å². The summed E-state index contributed by atoms with van der Waals surface area (Å²) in [5.74, 6) is -1.78. The van der Waals surface area contributed by atoms with Gasteiger partial charge >= 0.3 is 5.97 Å². The van der Waals surface area contributed by atoms with E-state index in [9.17, 15) is 23.8 Å². The molecule has 2 rings (SSSR count). The summed E-state index contributed by atoms with van der Waals surface area (Å²) >= 11 is 2.94. The van der Waals surface area contributed by atoms with Crippen LogP contribution < -0.4 is 0 Å². The lowest BCUT2D eigenvalue weighted by Crippen LogP contribution is -2.38. The first-order valence-corrected chi connectivity index (χ1v) is 7.40. The molecule has 6 heteroatoms. The molecule has 0 atom stereocenters. The van der Waals surface area contributed by atoms with E-state index in [1.165, 1.54) is 24.3 Å². The number of carboxylic acid groups (broad SMARTS) is 1. The number of halogens is 3. The van der Waals surface area contributed by atoms with Crippen LogP contribution in [0.3, 0.4) is 0 Å². The Morgan fingerprint density at radius 1 is 0.952 bits per heavy atom. The van der Waals surface area contributed by atoms with Crippen molar-refractivity contribution in [3.63, 3.8) is 0 Å². The van der Waals surface area contributed by atoms with Crippen molar-refractivity contribution < 1.29 is 23.8 Å². The lowest BCUT2D eigenvalue weighted by atomic mass is 9.85. The highest BCUT2D eigenvalue weighted by Gasteiger charge is 2.44. The van der Waals surface area contributed by atoms with Crippen molar-refractivity contribution in [2.24, 2.45) is 0 Å². The molecular formula is C15H13BrF2O3. The summed E-state index contributed by atoms with van der Waals surface area (Å²) in [6.07, 6.45) is 0. The van der Waals surface area contributed by atoms with Crippen LogP contribution in [0.2, 0.25) is 0 Å². The maximum Gasteiger partial charge on any atom is 0.345 e. The summed E-state index contributed by atoms with van der Waals surface area (Å²) in [7, 11) is 0. The number of aliphatic hydroxyl groups is 1. The molecule has 2 aromatic rings. The number of hydrogen-bond donors (Lipinski definition) is 2. The fourth-order valence-corrected chi connectivity index (χ4v) is 1.88. The maximum atomic E-state index is 13.7. The highest BCUT2D eigenvalue weighted by molar-refractivity contribution is 9.08. The van der Waals surface area contributed by atoms with E-state index in [1.807, 2.05) is 5.83 Å². The summed E-state index contributed by atoms with van der Waals surface area (Å²) in [5.41, 5.74) is -3.78. The highest BCUT2D eigenvalue weighted by atomic mass is 79.9. The molecule has 0 heterocycles. The molecule has 0 saturated heterocycles. The second-order valence-corrected chi connectivity index (χ2v) is 3.98. The van der Waals surface area contributed by atoms with Gasteiger partial charge in [-0.25, -0.2) is 13.6 Å². The van der Waals surface area contributed by atoms with Crippen LogP contribution >= 0.6 is 15.9 Å². The van der Waals surface area contributed by atoms with Gasteiger partial charge < -0.3 is 10.2 Å². The normalized spacial score (nSPS) is 10.5. The Labute approximate surface area is 129 Å². The minimum absolute atomic E-state index is 0.507. The third kappa shape index (κ3) is 3.28. The summed E-state index contributed by atoms with van der Waals surface area (Å²) < 4.78 is 27.4. The van der Waals surface area contributed by atoms with Gasteiger partial charge in [0, 0.05) is 11.1 Å². The molecule has 0 aromatic heterocycles. The van der Waals surface area contributed by atoms with E-state index in [-0.39, 0.29) is 0 Å². The van der Waals surface area contributed by atoms with Crippen LogP contribution in [0.25, 0.3) is 0 Å². The molecule has 0 amide bonds. The van der Waals surface area contributed by atoms with Gasteiger partial charge in [0.15, 0.2) is 0 Å². The summed E-state index contributed by atoms with van der Waals surface area (Å²) in [6, 6.07) is 9.66. The number of carbonyl (C=O) groups is 1. The van der Waals surface area contributed by atoms with Gasteiger partial charge in [-0.15, -0.1) is 0 Å². The molecule has 0 unspecified atom stereocenters. The van der Waals surface area contributed by atoms with Crippen molar-refractivity contribution in [2.75, 3.05) is 5.83 Å². The lowest BCUT2D eigenvalue weighted by Gasteiger charge is -2.25. The van der Waals surface area contributed by atoms with Crippen molar-refractivity contribution in [2.45, 2.75) is 5.60 Å². The Bertz CT molecular complexity index is 586. The fourth-order valence-electron chi connectivity index (χ4n) is 1.88. The zero-order valence-corrected chi connectivity index (χ0v) is 12.6. The molecule has 0 bridgehead atoms. The van der Waals surface area contributed by atoms with Crippen LogP contribution in [0.5, 0.6) is 0 Å². The largest absolute Gasteiger partial charge is 0.479 e. The van der Waals surface area contributed by atoms with Crippen molar-refractivity contribution in [3.05, 3.63) is 71.3 Å². The number of aliphatic carboxylic acids is 1. The second kappa shape index (κ2) is 7.28. The molecule has 2 aromatic carbocycles. The summed E-state index contributed by atoms with van der Waals surface area (Å²) in [4.78, 5) is 11.3. The molecular weight excluding hydrogens is 346 g/mol. The van der Waals surface area contributed by atoms with Gasteiger partial charge in [0.05, 0.1) is 0 Å². The average molecular weight is 359 g/mol. The predicted molar refractivity (Wildman–Crippen MR) is 78.3 cm³/mol. The molecule has 0 aliphatic carbocycles. The summed E-state index contributed by atoms with van der Waals surface area (Å²) in [5, 5.41) is 19.5. The Hall–Kier alpha value is -1.79. The third-order valence-corrected chi connectivity index (χ3v) is 2.84. The zero-order valence-electron chi connectivity index (χ0n) is 11.1. The van der Waals surface area contributed by atoms with Gasteiger partial charge in [-0.05, 0) is 18.0 Å². The van der Waals surface area contributed by atoms with E-state index < -0.39 is 34.3 Å². The smallest absolute Gasteiger partial charge is 0.345 e. The number of carboxylic acids is 1. The first-order chi connectivity index (χ1) is 9.98. The molecule has 21 heavy (non-hydrogen) atoms. The number of hydrogen-bond acceptors (Lipinski definition) is 2. The Morgan fingerprint density at radius 2 is 1.29 bits per heavy atom. The number of rotatable bonds is 3. The maximum absolute atomic E-state index is 13.7. The van der Waals surface area contributed by atoms with Crippen LogP contribution in [-0.4, -0.2) is 22.0 Å². The lowest BCUT2D eigenvalue weighted by molar-refractivity contribution is -0.155. The fraction of sp³-hybridized carbons (Fsp3) is 0.133. The van der Waals surface area contributed by atoms with Crippen LogP contribution in [-0.2, 0) is 10.4 Å². The predicted octanol–water partition coefficient (Wildman–Crippen LogP) is 3.30. The second-order valence-electron chi connectivity index (χ2n) is 3.98. The molecule has 3 nitrogen and oxygen atoms in total. The van der Waals surface area contributed by atoms with Gasteiger partial charge in [0.1, 0.15) is 11.6 Å². The van der Waals surface area contributed by atoms with E-state index >= 15 is 0 Å². The summed E-state index contributed by atoms with van der Waals surface area (Å²) in [6.45, 7) is 0. The van der Waals surface area contributed by atoms with E-state index in [0.717, 1.165) is 24.3 Å². The molecule has 0 saturated carbocycles. The van der Waals surface area contributed by atoms with Gasteiger partial charge in [-0.1, -0.05) is 52.3 Å². The molecule has 0 spiro atoms. The Kier molecular flexibility index (Phi) is 5.99. The number of benzene rings is 2. The Morgan fingerprint density at radius 3 is 1.57 bits per heavy atom. The minimum atomic E-state index is -2.77. The minimum Gasteiger partial charge on any atom is -0.479 e. The van der Waals surface area contributed by atoms with Gasteiger partial charge in [0.25, 0.3) is 0 Å². The first kappa shape index (κ1) is 17.3. The quantitative estimate of drug-likeness (QED) is 0.827. The van der Waals surface area contributed by atoms with Crippen molar-refractivity contribution in [1.82, 2.24) is 0 Å². The van der Waals surface area contributed by atoms with Crippen molar-refractivity contribution in [1.29, 1.82) is 0 Å². The van der Waals surface area contributed by atoms with Crippen LogP contribution in [0.4, 0.5) is 8.78 Å². The van der Waals surface area contributed by atoms with Crippen molar-refractivity contribution >= 4 is 21.9 Å². The molecule has 0 radical (unpaired) electrons. The SMILES string of the molecule is CBr.O=C(O)C(O)(c1ccccc1F)c1ccccc1F. The standard InChI is InChI=1S/C14H10F2O3.CH3Br/c15-11-7-3-1-5-9(11)14(19,13(17)18)10-6-2-4-8-12(10)16;1-2/h1-8,19H,(H,17,18);1H3. The van der Waals surface area contributed by atoms with E-state index in [4.69, 9.17) is 0 Å². The van der Waals surface area contributed by atoms with Gasteiger partial charge in [-0.2, -0.15) is 0 Å². The average Bonchev–Trinajstić information content (AvgIpc) is 2.49. The molecule has 112 valence electrons. The molecule has 0 aliphatic rings. The molecule has 2 N–H and O–H groups in total. The van der Waals surface area contributed by atoms with E-state index in [2.05, 4.69) is 15.9 Å². The first-order valence-electron chi connectivity index (χ1n) is 5.81. The third-order valence-electron chi connectivity index (χ3n) is 2.84. The molecule has 0 fully saturated rings. The van der Waals surface area contributed by atoms with E-state index in [1.54, 1.807) is 0 Å². The zero-order chi connectivity index (χ0) is 16.0. The molecule has 0 aliphatic heterocycles. The van der Waals surface area contributed by atoms with Gasteiger partial charge in [-0.3, -0.25) is 0 Å². The highest BCUT2D eigenvalue weighted by Crippen LogP contribution is 2.33. The van der Waals surface area contributed by atoms with Crippen LogP contribution in [0, 0.1) is 11.6 Å². The van der Waals surface area contributed by atoms with Crippen LogP contribution in [0.1, 0.15) is 11.1 Å².